The molecule has 0 aromatic heterocycles. The highest BCUT2D eigenvalue weighted by atomic mass is 127. The Kier molecular flexibility index (Phi) is 7.38. The summed E-state index contributed by atoms with van der Waals surface area (Å²) in [5, 5.41) is 3.40. The molecule has 0 saturated carbocycles. The van der Waals surface area contributed by atoms with E-state index in [-0.39, 0.29) is 24.0 Å². The third kappa shape index (κ3) is 5.84. The van der Waals surface area contributed by atoms with Crippen molar-refractivity contribution in [3.63, 3.8) is 0 Å². The van der Waals surface area contributed by atoms with E-state index in [0.29, 0.717) is 30.0 Å². The Hall–Kier alpha value is -0.0900. The zero-order valence-corrected chi connectivity index (χ0v) is 17.0. The van der Waals surface area contributed by atoms with E-state index in [4.69, 9.17) is 0 Å². The van der Waals surface area contributed by atoms with Crippen molar-refractivity contribution in [2.45, 2.75) is 20.3 Å². The summed E-state index contributed by atoms with van der Waals surface area (Å²) < 4.78 is 22.8. The van der Waals surface area contributed by atoms with Crippen LogP contribution in [0.2, 0.25) is 0 Å². The van der Waals surface area contributed by atoms with Gasteiger partial charge in [-0.15, -0.1) is 24.0 Å². The molecule has 0 radical (unpaired) electrons. The molecule has 0 aromatic carbocycles. The van der Waals surface area contributed by atoms with E-state index in [1.54, 1.807) is 0 Å². The molecule has 2 heterocycles. The van der Waals surface area contributed by atoms with E-state index < -0.39 is 9.84 Å². The Balaban J connectivity index is 0.00000242. The quantitative estimate of drug-likeness (QED) is 0.393. The lowest BCUT2D eigenvalue weighted by Gasteiger charge is -2.28. The van der Waals surface area contributed by atoms with Crippen molar-refractivity contribution in [2.24, 2.45) is 10.4 Å². The number of sulfone groups is 1. The molecule has 2 aliphatic rings. The first kappa shape index (κ1) is 20.0. The SMILES string of the molecule is CN=C(NCCN1CCS(=O)(=O)CC1)N1CCC(C)(C)C1.I. The number of hydrogen-bond acceptors (Lipinski definition) is 4. The Morgan fingerprint density at radius 3 is 2.36 bits per heavy atom. The topological polar surface area (TPSA) is 65.0 Å². The minimum Gasteiger partial charge on any atom is -0.355 e. The minimum atomic E-state index is -2.78. The number of aliphatic imine (C=N–C) groups is 1. The first-order valence-corrected chi connectivity index (χ1v) is 9.52. The third-order valence-electron chi connectivity index (χ3n) is 4.34. The predicted octanol–water partition coefficient (Wildman–Crippen LogP) is 0.642. The van der Waals surface area contributed by atoms with E-state index in [2.05, 4.69) is 34.0 Å². The molecule has 0 amide bonds. The summed E-state index contributed by atoms with van der Waals surface area (Å²) in [6, 6.07) is 0. The first-order valence-electron chi connectivity index (χ1n) is 7.70. The molecule has 0 aliphatic carbocycles. The predicted molar refractivity (Wildman–Crippen MR) is 102 cm³/mol. The largest absolute Gasteiger partial charge is 0.355 e. The van der Waals surface area contributed by atoms with E-state index in [0.717, 1.165) is 32.1 Å². The Labute approximate surface area is 151 Å². The van der Waals surface area contributed by atoms with Crippen molar-refractivity contribution in [1.82, 2.24) is 15.1 Å². The second-order valence-electron chi connectivity index (χ2n) is 6.80. The molecule has 2 saturated heterocycles. The molecule has 2 fully saturated rings. The molecule has 2 aliphatic heterocycles. The van der Waals surface area contributed by atoms with Crippen molar-refractivity contribution in [1.29, 1.82) is 0 Å². The van der Waals surface area contributed by atoms with Gasteiger partial charge in [0.25, 0.3) is 0 Å². The normalized spacial score (nSPS) is 24.9. The monoisotopic (exact) mass is 444 g/mol. The van der Waals surface area contributed by atoms with Gasteiger partial charge in [0.05, 0.1) is 11.5 Å². The highest BCUT2D eigenvalue weighted by Gasteiger charge is 2.30. The molecule has 2 rings (SSSR count). The van der Waals surface area contributed by atoms with Crippen LogP contribution >= 0.6 is 24.0 Å². The Morgan fingerprint density at radius 1 is 1.23 bits per heavy atom. The molecule has 8 heteroatoms. The van der Waals surface area contributed by atoms with Crippen molar-refractivity contribution in [3.05, 3.63) is 0 Å². The van der Waals surface area contributed by atoms with Crippen LogP contribution in [0.5, 0.6) is 0 Å². The summed E-state index contributed by atoms with van der Waals surface area (Å²) in [7, 11) is -0.961. The van der Waals surface area contributed by atoms with Crippen molar-refractivity contribution in [2.75, 3.05) is 57.8 Å². The van der Waals surface area contributed by atoms with Crippen molar-refractivity contribution >= 4 is 39.8 Å². The zero-order valence-electron chi connectivity index (χ0n) is 13.8. The van der Waals surface area contributed by atoms with E-state index in [1.165, 1.54) is 6.42 Å². The fourth-order valence-corrected chi connectivity index (χ4v) is 4.20. The lowest BCUT2D eigenvalue weighted by molar-refractivity contribution is 0.297. The maximum Gasteiger partial charge on any atom is 0.193 e. The van der Waals surface area contributed by atoms with Crippen LogP contribution in [0.3, 0.4) is 0 Å². The van der Waals surface area contributed by atoms with E-state index in [1.807, 2.05) is 7.05 Å². The number of hydrogen-bond donors (Lipinski definition) is 1. The van der Waals surface area contributed by atoms with Crippen molar-refractivity contribution < 1.29 is 8.42 Å². The standard InChI is InChI=1S/C14H28N4O2S.HI/c1-14(2)4-6-18(12-14)13(15-3)16-5-7-17-8-10-21(19,20)11-9-17;/h4-12H2,1-3H3,(H,15,16);1H. The van der Waals surface area contributed by atoms with Gasteiger partial charge >= 0.3 is 0 Å². The molecule has 1 N–H and O–H groups in total. The van der Waals surface area contributed by atoms with Gasteiger partial charge in [0.2, 0.25) is 0 Å². The zero-order chi connectivity index (χ0) is 15.5. The highest BCUT2D eigenvalue weighted by Crippen LogP contribution is 2.28. The molecule has 130 valence electrons. The second-order valence-corrected chi connectivity index (χ2v) is 9.11. The van der Waals surface area contributed by atoms with Gasteiger partial charge in [-0.1, -0.05) is 13.8 Å². The maximum atomic E-state index is 11.4. The highest BCUT2D eigenvalue weighted by molar-refractivity contribution is 14.0. The average molecular weight is 444 g/mol. The number of rotatable bonds is 3. The van der Waals surface area contributed by atoms with Crippen LogP contribution in [-0.2, 0) is 9.84 Å². The van der Waals surface area contributed by atoms with Crippen molar-refractivity contribution in [3.8, 4) is 0 Å². The van der Waals surface area contributed by atoms with E-state index in [9.17, 15) is 8.42 Å². The van der Waals surface area contributed by atoms with Gasteiger partial charge in [0.15, 0.2) is 15.8 Å². The van der Waals surface area contributed by atoms with Gasteiger partial charge in [0, 0.05) is 46.3 Å². The fraction of sp³-hybridized carbons (Fsp3) is 0.929. The van der Waals surface area contributed by atoms with Crippen LogP contribution in [0.4, 0.5) is 0 Å². The van der Waals surface area contributed by atoms with E-state index >= 15 is 0 Å². The number of nitrogens with zero attached hydrogens (tertiary/aromatic N) is 3. The molecule has 0 bridgehead atoms. The maximum absolute atomic E-state index is 11.4. The molecule has 6 nitrogen and oxygen atoms in total. The molecule has 0 atom stereocenters. The average Bonchev–Trinajstić information content (AvgIpc) is 2.77. The van der Waals surface area contributed by atoms with Crippen LogP contribution in [0, 0.1) is 5.41 Å². The minimum absolute atomic E-state index is 0. The number of nitrogens with one attached hydrogen (secondary N) is 1. The van der Waals surface area contributed by atoms with Gasteiger partial charge in [-0.05, 0) is 11.8 Å². The second kappa shape index (κ2) is 8.14. The van der Waals surface area contributed by atoms with Crippen LogP contribution in [0.1, 0.15) is 20.3 Å². The van der Waals surface area contributed by atoms with Gasteiger partial charge in [-0.25, -0.2) is 8.42 Å². The van der Waals surface area contributed by atoms with Crippen LogP contribution in [0.15, 0.2) is 4.99 Å². The van der Waals surface area contributed by atoms with Crippen LogP contribution in [-0.4, -0.2) is 82.0 Å². The molecular formula is C14H29IN4O2S. The molecule has 0 aromatic rings. The Bertz CT molecular complexity index is 479. The van der Waals surface area contributed by atoms with Gasteiger partial charge < -0.3 is 10.2 Å². The molecular weight excluding hydrogens is 415 g/mol. The number of halogens is 1. The summed E-state index contributed by atoms with van der Waals surface area (Å²) in [5.74, 6) is 1.55. The summed E-state index contributed by atoms with van der Waals surface area (Å²) in [6.45, 7) is 9.64. The fourth-order valence-electron chi connectivity index (χ4n) is 2.93. The summed E-state index contributed by atoms with van der Waals surface area (Å²) >= 11 is 0. The van der Waals surface area contributed by atoms with Crippen LogP contribution in [0.25, 0.3) is 0 Å². The molecule has 0 spiro atoms. The first-order chi connectivity index (χ1) is 9.81. The lowest BCUT2D eigenvalue weighted by Crippen LogP contribution is -2.46. The molecule has 22 heavy (non-hydrogen) atoms. The summed E-state index contributed by atoms with van der Waals surface area (Å²) in [5.41, 5.74) is 0.360. The summed E-state index contributed by atoms with van der Waals surface area (Å²) in [4.78, 5) is 8.87. The Morgan fingerprint density at radius 2 is 1.86 bits per heavy atom. The third-order valence-corrected chi connectivity index (χ3v) is 5.95. The number of guanidine groups is 1. The lowest BCUT2D eigenvalue weighted by atomic mass is 9.93. The van der Waals surface area contributed by atoms with Gasteiger partial charge in [-0.2, -0.15) is 0 Å². The smallest absolute Gasteiger partial charge is 0.193 e. The molecule has 0 unspecified atom stereocenters. The number of likely N-dealkylation sites (tertiary alicyclic amines) is 1. The van der Waals surface area contributed by atoms with Crippen LogP contribution < -0.4 is 5.32 Å². The van der Waals surface area contributed by atoms with Gasteiger partial charge in [0.1, 0.15) is 0 Å². The van der Waals surface area contributed by atoms with Gasteiger partial charge in [-0.3, -0.25) is 9.89 Å². The summed E-state index contributed by atoms with van der Waals surface area (Å²) in [6.07, 6.45) is 1.19.